The van der Waals surface area contributed by atoms with Gasteiger partial charge < -0.3 is 14.9 Å². The molecule has 1 aliphatic rings. The summed E-state index contributed by atoms with van der Waals surface area (Å²) in [5, 5.41) is 10.2. The number of halogens is 1. The number of hydrogen-bond acceptors (Lipinski definition) is 3. The van der Waals surface area contributed by atoms with E-state index in [9.17, 15) is 9.50 Å². The Kier molecular flexibility index (Phi) is 4.91. The van der Waals surface area contributed by atoms with Crippen molar-refractivity contribution in [3.05, 3.63) is 35.6 Å². The summed E-state index contributed by atoms with van der Waals surface area (Å²) in [6.07, 6.45) is 1.75. The average molecular weight is 266 g/mol. The number of aliphatic hydroxyl groups excluding tert-OH is 1. The largest absolute Gasteiger partial charge is 0.387 e. The summed E-state index contributed by atoms with van der Waals surface area (Å²) in [5.74, 6) is -0.261. The van der Waals surface area contributed by atoms with Crippen molar-refractivity contribution in [2.45, 2.75) is 25.0 Å². The van der Waals surface area contributed by atoms with Crippen molar-refractivity contribution in [1.82, 2.24) is 9.80 Å². The van der Waals surface area contributed by atoms with E-state index in [1.807, 2.05) is 0 Å². The van der Waals surface area contributed by atoms with Gasteiger partial charge in [-0.1, -0.05) is 12.1 Å². The highest BCUT2D eigenvalue weighted by molar-refractivity contribution is 5.18. The Morgan fingerprint density at radius 3 is 2.37 bits per heavy atom. The Balaban J connectivity index is 1.83. The molecule has 1 aliphatic heterocycles. The highest BCUT2D eigenvalue weighted by Gasteiger charge is 2.22. The third-order valence-corrected chi connectivity index (χ3v) is 3.97. The zero-order valence-corrected chi connectivity index (χ0v) is 11.7. The van der Waals surface area contributed by atoms with E-state index in [4.69, 9.17) is 0 Å². The fourth-order valence-corrected chi connectivity index (χ4v) is 2.65. The molecule has 1 aromatic rings. The molecule has 1 unspecified atom stereocenters. The van der Waals surface area contributed by atoms with Crippen LogP contribution in [0.3, 0.4) is 0 Å². The van der Waals surface area contributed by atoms with E-state index in [1.165, 1.54) is 12.1 Å². The number of β-amino-alcohol motifs (C(OH)–C–C–N with tert-alkyl or cyclic N) is 1. The van der Waals surface area contributed by atoms with E-state index < -0.39 is 6.10 Å². The van der Waals surface area contributed by atoms with Crippen LogP contribution in [-0.4, -0.2) is 54.7 Å². The molecule has 1 heterocycles. The maximum absolute atomic E-state index is 12.8. The normalized spacial score (nSPS) is 19.8. The standard InChI is InChI=1S/C15H23FN2O/c1-17(2)14-7-9-18(10-8-14)11-15(19)12-3-5-13(16)6-4-12/h3-6,14-15,19H,7-11H2,1-2H3. The Morgan fingerprint density at radius 1 is 1.26 bits per heavy atom. The highest BCUT2D eigenvalue weighted by atomic mass is 19.1. The van der Waals surface area contributed by atoms with Gasteiger partial charge in [-0.15, -0.1) is 0 Å². The van der Waals surface area contributed by atoms with Gasteiger partial charge in [0, 0.05) is 12.6 Å². The maximum atomic E-state index is 12.8. The van der Waals surface area contributed by atoms with Gasteiger partial charge in [-0.3, -0.25) is 0 Å². The molecule has 0 spiro atoms. The molecular weight excluding hydrogens is 243 g/mol. The van der Waals surface area contributed by atoms with Crippen molar-refractivity contribution >= 4 is 0 Å². The summed E-state index contributed by atoms with van der Waals surface area (Å²) >= 11 is 0. The number of likely N-dealkylation sites (tertiary alicyclic amines) is 1. The first-order valence-corrected chi connectivity index (χ1v) is 6.88. The van der Waals surface area contributed by atoms with Gasteiger partial charge in [0.15, 0.2) is 0 Å². The predicted molar refractivity (Wildman–Crippen MR) is 74.5 cm³/mol. The molecule has 4 heteroatoms. The SMILES string of the molecule is CN(C)C1CCN(CC(O)c2ccc(F)cc2)CC1. The van der Waals surface area contributed by atoms with Gasteiger partial charge in [0.2, 0.25) is 0 Å². The molecule has 106 valence electrons. The minimum Gasteiger partial charge on any atom is -0.387 e. The second-order valence-electron chi connectivity index (χ2n) is 5.56. The van der Waals surface area contributed by atoms with Crippen LogP contribution < -0.4 is 0 Å². The zero-order valence-electron chi connectivity index (χ0n) is 11.7. The second kappa shape index (κ2) is 6.46. The average Bonchev–Trinajstić information content (AvgIpc) is 2.40. The molecule has 0 radical (unpaired) electrons. The fraction of sp³-hybridized carbons (Fsp3) is 0.600. The van der Waals surface area contributed by atoms with Crippen molar-refractivity contribution in [2.75, 3.05) is 33.7 Å². The predicted octanol–water partition coefficient (Wildman–Crippen LogP) is 1.89. The summed E-state index contributed by atoms with van der Waals surface area (Å²) < 4.78 is 12.8. The van der Waals surface area contributed by atoms with Crippen LogP contribution >= 0.6 is 0 Å². The fourth-order valence-electron chi connectivity index (χ4n) is 2.65. The molecule has 1 aromatic carbocycles. The highest BCUT2D eigenvalue weighted by Crippen LogP contribution is 2.19. The lowest BCUT2D eigenvalue weighted by Crippen LogP contribution is -2.43. The minimum absolute atomic E-state index is 0.261. The lowest BCUT2D eigenvalue weighted by atomic mass is 10.0. The quantitative estimate of drug-likeness (QED) is 0.901. The van der Waals surface area contributed by atoms with Gasteiger partial charge >= 0.3 is 0 Å². The number of hydrogen-bond donors (Lipinski definition) is 1. The number of rotatable bonds is 4. The first-order valence-electron chi connectivity index (χ1n) is 6.88. The van der Waals surface area contributed by atoms with Crippen molar-refractivity contribution in [3.63, 3.8) is 0 Å². The van der Waals surface area contributed by atoms with E-state index in [0.717, 1.165) is 31.5 Å². The van der Waals surface area contributed by atoms with E-state index in [2.05, 4.69) is 23.9 Å². The summed E-state index contributed by atoms with van der Waals surface area (Å²) in [7, 11) is 4.24. The summed E-state index contributed by atoms with van der Waals surface area (Å²) in [6, 6.07) is 6.77. The summed E-state index contributed by atoms with van der Waals surface area (Å²) in [4.78, 5) is 4.56. The molecule has 1 atom stereocenters. The number of aliphatic hydroxyl groups is 1. The summed E-state index contributed by atoms with van der Waals surface area (Å²) in [6.45, 7) is 2.66. The molecular formula is C15H23FN2O. The molecule has 19 heavy (non-hydrogen) atoms. The van der Waals surface area contributed by atoms with E-state index in [-0.39, 0.29) is 5.82 Å². The van der Waals surface area contributed by atoms with Crippen LogP contribution in [0.5, 0.6) is 0 Å². The maximum Gasteiger partial charge on any atom is 0.123 e. The number of piperidine rings is 1. The number of nitrogens with zero attached hydrogens (tertiary/aromatic N) is 2. The van der Waals surface area contributed by atoms with Crippen LogP contribution in [0.1, 0.15) is 24.5 Å². The Hall–Kier alpha value is -0.970. The molecule has 0 aliphatic carbocycles. The Labute approximate surface area is 114 Å². The van der Waals surface area contributed by atoms with Crippen molar-refractivity contribution in [3.8, 4) is 0 Å². The first kappa shape index (κ1) is 14.4. The van der Waals surface area contributed by atoms with E-state index >= 15 is 0 Å². The minimum atomic E-state index is -0.531. The van der Waals surface area contributed by atoms with Gasteiger partial charge in [0.25, 0.3) is 0 Å². The monoisotopic (exact) mass is 266 g/mol. The van der Waals surface area contributed by atoms with Crippen LogP contribution in [0.15, 0.2) is 24.3 Å². The third-order valence-electron chi connectivity index (χ3n) is 3.97. The molecule has 0 aromatic heterocycles. The molecule has 3 nitrogen and oxygen atoms in total. The third kappa shape index (κ3) is 4.00. The van der Waals surface area contributed by atoms with Crippen LogP contribution in [-0.2, 0) is 0 Å². The molecule has 2 rings (SSSR count). The summed E-state index contributed by atoms with van der Waals surface area (Å²) in [5.41, 5.74) is 0.788. The van der Waals surface area contributed by atoms with Crippen molar-refractivity contribution in [1.29, 1.82) is 0 Å². The topological polar surface area (TPSA) is 26.7 Å². The van der Waals surface area contributed by atoms with E-state index in [0.29, 0.717) is 12.6 Å². The van der Waals surface area contributed by atoms with Crippen molar-refractivity contribution < 1.29 is 9.50 Å². The lowest BCUT2D eigenvalue weighted by molar-refractivity contribution is 0.0798. The van der Waals surface area contributed by atoms with Crippen molar-refractivity contribution in [2.24, 2.45) is 0 Å². The lowest BCUT2D eigenvalue weighted by Gasteiger charge is -2.36. The van der Waals surface area contributed by atoms with Gasteiger partial charge in [0.1, 0.15) is 5.82 Å². The van der Waals surface area contributed by atoms with Gasteiger partial charge in [-0.05, 0) is 57.7 Å². The molecule has 1 saturated heterocycles. The zero-order chi connectivity index (χ0) is 13.8. The molecule has 0 saturated carbocycles. The van der Waals surface area contributed by atoms with Crippen LogP contribution in [0, 0.1) is 5.82 Å². The molecule has 1 N–H and O–H groups in total. The van der Waals surface area contributed by atoms with Crippen LogP contribution in [0.25, 0.3) is 0 Å². The Bertz CT molecular complexity index is 386. The molecule has 0 amide bonds. The number of benzene rings is 1. The second-order valence-corrected chi connectivity index (χ2v) is 5.56. The molecule has 0 bridgehead atoms. The molecule has 1 fully saturated rings. The van der Waals surface area contributed by atoms with Crippen LogP contribution in [0.4, 0.5) is 4.39 Å². The smallest absolute Gasteiger partial charge is 0.123 e. The van der Waals surface area contributed by atoms with E-state index in [1.54, 1.807) is 12.1 Å². The Morgan fingerprint density at radius 2 is 1.84 bits per heavy atom. The van der Waals surface area contributed by atoms with Gasteiger partial charge in [-0.2, -0.15) is 0 Å². The van der Waals surface area contributed by atoms with Crippen LogP contribution in [0.2, 0.25) is 0 Å². The van der Waals surface area contributed by atoms with Gasteiger partial charge in [0.05, 0.1) is 6.10 Å². The first-order chi connectivity index (χ1) is 9.06. The van der Waals surface area contributed by atoms with Gasteiger partial charge in [-0.25, -0.2) is 4.39 Å².